The molecule has 2 aromatic heterocycles. The fraction of sp³-hybridized carbons (Fsp3) is 0.333. The number of nitrogens with zero attached hydrogens (tertiary/aromatic N) is 4. The van der Waals surface area contributed by atoms with Gasteiger partial charge in [-0.05, 0) is 17.5 Å². The van der Waals surface area contributed by atoms with Crippen LogP contribution in [0.25, 0.3) is 10.7 Å². The summed E-state index contributed by atoms with van der Waals surface area (Å²) in [5.74, 6) is 0.350. The van der Waals surface area contributed by atoms with Crippen molar-refractivity contribution in [2.24, 2.45) is 0 Å². The summed E-state index contributed by atoms with van der Waals surface area (Å²) in [4.78, 5) is 12.7. The SMILES string of the molecule is CC(C)c1nccnc1-c1ncns1. The lowest BCUT2D eigenvalue weighted by molar-refractivity contribution is 0.815. The van der Waals surface area contributed by atoms with Crippen molar-refractivity contribution in [1.82, 2.24) is 19.3 Å². The second kappa shape index (κ2) is 3.79. The van der Waals surface area contributed by atoms with Gasteiger partial charge in [0.2, 0.25) is 0 Å². The highest BCUT2D eigenvalue weighted by Crippen LogP contribution is 2.25. The third-order valence-corrected chi connectivity index (χ3v) is 2.51. The van der Waals surface area contributed by atoms with Crippen molar-refractivity contribution in [2.45, 2.75) is 19.8 Å². The highest BCUT2D eigenvalue weighted by molar-refractivity contribution is 7.09. The van der Waals surface area contributed by atoms with Crippen molar-refractivity contribution in [3.05, 3.63) is 24.4 Å². The van der Waals surface area contributed by atoms with E-state index < -0.39 is 0 Å². The van der Waals surface area contributed by atoms with E-state index in [1.807, 2.05) is 0 Å². The molecule has 0 aromatic carbocycles. The Morgan fingerprint density at radius 1 is 1.14 bits per heavy atom. The van der Waals surface area contributed by atoms with Gasteiger partial charge in [-0.2, -0.15) is 4.37 Å². The first-order chi connectivity index (χ1) is 6.79. The lowest BCUT2D eigenvalue weighted by Crippen LogP contribution is -1.98. The van der Waals surface area contributed by atoms with Crippen LogP contribution in [-0.4, -0.2) is 19.3 Å². The molecule has 0 aliphatic rings. The van der Waals surface area contributed by atoms with E-state index in [9.17, 15) is 0 Å². The fourth-order valence-corrected chi connectivity index (χ4v) is 1.75. The van der Waals surface area contributed by atoms with E-state index in [1.165, 1.54) is 11.5 Å². The summed E-state index contributed by atoms with van der Waals surface area (Å²) in [5.41, 5.74) is 1.83. The molecule has 14 heavy (non-hydrogen) atoms. The van der Waals surface area contributed by atoms with Crippen LogP contribution in [-0.2, 0) is 0 Å². The average Bonchev–Trinajstić information content (AvgIpc) is 2.70. The Kier molecular flexibility index (Phi) is 2.49. The van der Waals surface area contributed by atoms with Gasteiger partial charge < -0.3 is 0 Å². The van der Waals surface area contributed by atoms with Crippen LogP contribution in [0.5, 0.6) is 0 Å². The predicted molar refractivity (Wildman–Crippen MR) is 55.0 cm³/mol. The van der Waals surface area contributed by atoms with Gasteiger partial charge in [0.15, 0.2) is 5.01 Å². The first kappa shape index (κ1) is 9.21. The molecule has 0 spiro atoms. The molecule has 0 amide bonds. The summed E-state index contributed by atoms with van der Waals surface area (Å²) < 4.78 is 3.96. The van der Waals surface area contributed by atoms with Gasteiger partial charge in [-0.15, -0.1) is 0 Å². The Hall–Kier alpha value is -1.36. The zero-order chi connectivity index (χ0) is 9.97. The average molecular weight is 206 g/mol. The number of aromatic nitrogens is 4. The second-order valence-electron chi connectivity index (χ2n) is 3.19. The Balaban J connectivity index is 2.53. The van der Waals surface area contributed by atoms with Gasteiger partial charge in [0.25, 0.3) is 0 Å². The predicted octanol–water partition coefficient (Wildman–Crippen LogP) is 2.12. The Bertz CT molecular complexity index is 411. The van der Waals surface area contributed by atoms with E-state index in [0.717, 1.165) is 16.4 Å². The molecule has 2 aromatic rings. The van der Waals surface area contributed by atoms with Crippen LogP contribution in [0.1, 0.15) is 25.5 Å². The van der Waals surface area contributed by atoms with Crippen LogP contribution in [0.3, 0.4) is 0 Å². The minimum Gasteiger partial charge on any atom is -0.257 e. The van der Waals surface area contributed by atoms with Crippen molar-refractivity contribution in [3.8, 4) is 10.7 Å². The van der Waals surface area contributed by atoms with E-state index in [-0.39, 0.29) is 0 Å². The van der Waals surface area contributed by atoms with Gasteiger partial charge in [0, 0.05) is 12.4 Å². The van der Waals surface area contributed by atoms with Gasteiger partial charge in [0.05, 0.1) is 5.69 Å². The number of hydrogen-bond acceptors (Lipinski definition) is 5. The maximum absolute atomic E-state index is 4.31. The third kappa shape index (κ3) is 1.63. The standard InChI is InChI=1S/C9H10N4S/c1-6(2)7-8(11-4-3-10-7)9-12-5-13-14-9/h3-6H,1-2H3. The maximum atomic E-state index is 4.31. The molecule has 0 saturated carbocycles. The molecule has 2 rings (SSSR count). The molecular weight excluding hydrogens is 196 g/mol. The van der Waals surface area contributed by atoms with Crippen LogP contribution < -0.4 is 0 Å². The maximum Gasteiger partial charge on any atom is 0.163 e. The van der Waals surface area contributed by atoms with E-state index in [2.05, 4.69) is 33.2 Å². The van der Waals surface area contributed by atoms with E-state index in [1.54, 1.807) is 18.7 Å². The smallest absolute Gasteiger partial charge is 0.163 e. The normalized spacial score (nSPS) is 10.8. The summed E-state index contributed by atoms with van der Waals surface area (Å²) in [6.07, 6.45) is 4.93. The first-order valence-corrected chi connectivity index (χ1v) is 5.14. The van der Waals surface area contributed by atoms with Crippen molar-refractivity contribution in [3.63, 3.8) is 0 Å². The molecular formula is C9H10N4S. The quantitative estimate of drug-likeness (QED) is 0.755. The van der Waals surface area contributed by atoms with Crippen LogP contribution in [0.15, 0.2) is 18.7 Å². The zero-order valence-corrected chi connectivity index (χ0v) is 8.82. The first-order valence-electron chi connectivity index (χ1n) is 4.37. The summed E-state index contributed by atoms with van der Waals surface area (Å²) in [6, 6.07) is 0. The largest absolute Gasteiger partial charge is 0.257 e. The number of rotatable bonds is 2. The Labute approximate surface area is 86.2 Å². The van der Waals surface area contributed by atoms with E-state index in [0.29, 0.717) is 5.92 Å². The lowest BCUT2D eigenvalue weighted by atomic mass is 10.1. The van der Waals surface area contributed by atoms with Crippen molar-refractivity contribution in [1.29, 1.82) is 0 Å². The molecule has 0 unspecified atom stereocenters. The molecule has 0 fully saturated rings. The highest BCUT2D eigenvalue weighted by atomic mass is 32.1. The summed E-state index contributed by atoms with van der Waals surface area (Å²) in [5, 5.41) is 0.835. The Morgan fingerprint density at radius 2 is 1.93 bits per heavy atom. The molecule has 0 aliphatic heterocycles. The number of hydrogen-bond donors (Lipinski definition) is 0. The zero-order valence-electron chi connectivity index (χ0n) is 8.01. The molecule has 2 heterocycles. The van der Waals surface area contributed by atoms with Crippen LogP contribution in [0, 0.1) is 0 Å². The van der Waals surface area contributed by atoms with Crippen LogP contribution >= 0.6 is 11.5 Å². The molecule has 0 N–H and O–H groups in total. The topological polar surface area (TPSA) is 51.6 Å². The van der Waals surface area contributed by atoms with Crippen molar-refractivity contribution < 1.29 is 0 Å². The molecule has 0 saturated heterocycles. The van der Waals surface area contributed by atoms with Crippen molar-refractivity contribution in [2.75, 3.05) is 0 Å². The highest BCUT2D eigenvalue weighted by Gasteiger charge is 2.12. The monoisotopic (exact) mass is 206 g/mol. The second-order valence-corrected chi connectivity index (χ2v) is 3.97. The van der Waals surface area contributed by atoms with Crippen molar-refractivity contribution >= 4 is 11.5 Å². The molecule has 4 nitrogen and oxygen atoms in total. The van der Waals surface area contributed by atoms with Gasteiger partial charge in [0.1, 0.15) is 12.0 Å². The molecule has 0 radical (unpaired) electrons. The van der Waals surface area contributed by atoms with Gasteiger partial charge >= 0.3 is 0 Å². The fourth-order valence-electron chi connectivity index (χ4n) is 1.21. The van der Waals surface area contributed by atoms with Crippen LogP contribution in [0.2, 0.25) is 0 Å². The Morgan fingerprint density at radius 3 is 2.57 bits per heavy atom. The summed E-state index contributed by atoms with van der Waals surface area (Å²) in [6.45, 7) is 4.18. The lowest BCUT2D eigenvalue weighted by Gasteiger charge is -2.06. The van der Waals surface area contributed by atoms with Gasteiger partial charge in [-0.3, -0.25) is 9.97 Å². The minimum absolute atomic E-state index is 0.350. The minimum atomic E-state index is 0.350. The van der Waals surface area contributed by atoms with E-state index in [4.69, 9.17) is 0 Å². The molecule has 0 aliphatic carbocycles. The summed E-state index contributed by atoms with van der Waals surface area (Å²) >= 11 is 1.34. The molecule has 5 heteroatoms. The van der Waals surface area contributed by atoms with E-state index >= 15 is 0 Å². The molecule has 0 bridgehead atoms. The third-order valence-electron chi connectivity index (χ3n) is 1.84. The summed E-state index contributed by atoms with van der Waals surface area (Å²) in [7, 11) is 0. The van der Waals surface area contributed by atoms with Crippen LogP contribution in [0.4, 0.5) is 0 Å². The van der Waals surface area contributed by atoms with Gasteiger partial charge in [-0.25, -0.2) is 4.98 Å². The molecule has 72 valence electrons. The molecule has 0 atom stereocenters. The van der Waals surface area contributed by atoms with Gasteiger partial charge in [-0.1, -0.05) is 13.8 Å².